The first-order valence-electron chi connectivity index (χ1n) is 5.38. The second-order valence-corrected chi connectivity index (χ2v) is 4.72. The van der Waals surface area contributed by atoms with E-state index in [0.29, 0.717) is 0 Å². The minimum atomic E-state index is 1.03. The lowest BCUT2D eigenvalue weighted by Crippen LogP contribution is -2.19. The van der Waals surface area contributed by atoms with Gasteiger partial charge in [0, 0.05) is 9.41 Å². The van der Waals surface area contributed by atoms with Gasteiger partial charge in [0.2, 0.25) is 0 Å². The zero-order valence-electron chi connectivity index (χ0n) is 9.58. The fourth-order valence-corrected chi connectivity index (χ4v) is 2.85. The summed E-state index contributed by atoms with van der Waals surface area (Å²) >= 11 is 1.83. The maximum absolute atomic E-state index is 2.96. The van der Waals surface area contributed by atoms with Crippen LogP contribution in [0, 0.1) is 18.8 Å². The number of allylic oxidation sites excluding steroid dienone is 3. The summed E-state index contributed by atoms with van der Waals surface area (Å²) in [5.41, 5.74) is 1.37. The second-order valence-electron chi connectivity index (χ2n) is 3.63. The Hall–Kier alpha value is -1.52. The van der Waals surface area contributed by atoms with Crippen molar-refractivity contribution in [1.82, 2.24) is 0 Å². The Morgan fingerprint density at radius 2 is 2.31 bits per heavy atom. The van der Waals surface area contributed by atoms with E-state index in [4.69, 9.17) is 0 Å². The standard InChI is InChI=1S/C15H14S/c1-3-4-6-10-14-12(2)13-9-7-5-8-11-15(13)16-14/h5-6,8-11H,7H2,1-2H3/b10-6-. The zero-order chi connectivity index (χ0) is 11.4. The Kier molecular flexibility index (Phi) is 3.44. The van der Waals surface area contributed by atoms with Gasteiger partial charge in [-0.05, 0) is 49.3 Å². The molecule has 1 heterocycles. The summed E-state index contributed by atoms with van der Waals surface area (Å²) in [7, 11) is 0. The van der Waals surface area contributed by atoms with Gasteiger partial charge >= 0.3 is 0 Å². The van der Waals surface area contributed by atoms with Crippen molar-refractivity contribution < 1.29 is 0 Å². The minimum Gasteiger partial charge on any atom is -0.136 e. The molecule has 1 aromatic heterocycles. The average Bonchev–Trinajstić information content (AvgIpc) is 2.49. The third-order valence-corrected chi connectivity index (χ3v) is 3.80. The van der Waals surface area contributed by atoms with E-state index in [0.717, 1.165) is 6.42 Å². The summed E-state index contributed by atoms with van der Waals surface area (Å²) in [5.74, 6) is 5.83. The first kappa shape index (κ1) is 11.0. The van der Waals surface area contributed by atoms with Crippen molar-refractivity contribution in [2.45, 2.75) is 20.3 Å². The van der Waals surface area contributed by atoms with Gasteiger partial charge in [0.25, 0.3) is 0 Å². The predicted octanol–water partition coefficient (Wildman–Crippen LogP) is 2.61. The van der Waals surface area contributed by atoms with Gasteiger partial charge in [-0.15, -0.1) is 17.3 Å². The fraction of sp³-hybridized carbons (Fsp3) is 0.200. The quantitative estimate of drug-likeness (QED) is 0.646. The van der Waals surface area contributed by atoms with Crippen LogP contribution >= 0.6 is 11.3 Å². The molecule has 1 aliphatic carbocycles. The van der Waals surface area contributed by atoms with E-state index in [1.54, 1.807) is 0 Å². The topological polar surface area (TPSA) is 0 Å². The lowest BCUT2D eigenvalue weighted by atomic mass is 10.2. The average molecular weight is 226 g/mol. The highest BCUT2D eigenvalue weighted by molar-refractivity contribution is 7.11. The number of hydrogen-bond acceptors (Lipinski definition) is 1. The summed E-state index contributed by atoms with van der Waals surface area (Å²) in [6, 6.07) is 0. The monoisotopic (exact) mass is 226 g/mol. The van der Waals surface area contributed by atoms with Crippen LogP contribution in [0.4, 0.5) is 0 Å². The molecule has 0 aromatic carbocycles. The van der Waals surface area contributed by atoms with Gasteiger partial charge in [-0.25, -0.2) is 0 Å². The molecule has 0 N–H and O–H groups in total. The van der Waals surface area contributed by atoms with Gasteiger partial charge in [-0.3, -0.25) is 0 Å². The highest BCUT2D eigenvalue weighted by Crippen LogP contribution is 2.10. The van der Waals surface area contributed by atoms with E-state index in [-0.39, 0.29) is 0 Å². The van der Waals surface area contributed by atoms with E-state index in [9.17, 15) is 0 Å². The molecule has 1 heteroatoms. The summed E-state index contributed by atoms with van der Waals surface area (Å²) < 4.78 is 1.36. The van der Waals surface area contributed by atoms with Crippen LogP contribution in [0.15, 0.2) is 18.2 Å². The first-order chi connectivity index (χ1) is 7.83. The van der Waals surface area contributed by atoms with Crippen molar-refractivity contribution >= 4 is 29.6 Å². The molecular formula is C15H14S. The van der Waals surface area contributed by atoms with Crippen LogP contribution in [0.3, 0.4) is 0 Å². The smallest absolute Gasteiger partial charge is 0.0348 e. The van der Waals surface area contributed by atoms with Gasteiger partial charge in [0.15, 0.2) is 0 Å². The summed E-state index contributed by atoms with van der Waals surface area (Å²) in [4.78, 5) is 1.32. The Balaban J connectivity index is 2.54. The van der Waals surface area contributed by atoms with E-state index < -0.39 is 0 Å². The van der Waals surface area contributed by atoms with Gasteiger partial charge < -0.3 is 0 Å². The van der Waals surface area contributed by atoms with Gasteiger partial charge in [0.1, 0.15) is 0 Å². The predicted molar refractivity (Wildman–Crippen MR) is 73.5 cm³/mol. The van der Waals surface area contributed by atoms with Gasteiger partial charge in [0.05, 0.1) is 0 Å². The van der Waals surface area contributed by atoms with Crippen LogP contribution in [-0.4, -0.2) is 0 Å². The lowest BCUT2D eigenvalue weighted by molar-refractivity contribution is 1.41. The summed E-state index contributed by atoms with van der Waals surface area (Å²) in [6.45, 7) is 4.04. The van der Waals surface area contributed by atoms with Crippen LogP contribution in [-0.2, 0) is 0 Å². The highest BCUT2D eigenvalue weighted by atomic mass is 32.1. The van der Waals surface area contributed by atoms with Crippen LogP contribution in [0.2, 0.25) is 0 Å². The molecule has 80 valence electrons. The Morgan fingerprint density at radius 1 is 1.44 bits per heavy atom. The van der Waals surface area contributed by atoms with Crippen LogP contribution in [0.25, 0.3) is 18.2 Å². The molecule has 0 saturated heterocycles. The van der Waals surface area contributed by atoms with Crippen molar-refractivity contribution in [2.24, 2.45) is 0 Å². The SMILES string of the molecule is CC#C/C=C\c1sc2c(c1C)=CCC=CC=2. The molecule has 0 amide bonds. The van der Waals surface area contributed by atoms with Crippen molar-refractivity contribution in [3.05, 3.63) is 38.4 Å². The van der Waals surface area contributed by atoms with E-state index in [2.05, 4.69) is 49.1 Å². The van der Waals surface area contributed by atoms with E-state index in [1.807, 2.05) is 24.3 Å². The third-order valence-electron chi connectivity index (χ3n) is 2.56. The Labute approximate surface area is 100 Å². The number of rotatable bonds is 1. The van der Waals surface area contributed by atoms with Crippen molar-refractivity contribution in [2.75, 3.05) is 0 Å². The first-order valence-corrected chi connectivity index (χ1v) is 6.20. The van der Waals surface area contributed by atoms with Gasteiger partial charge in [-0.2, -0.15) is 0 Å². The molecule has 1 aromatic rings. The molecule has 16 heavy (non-hydrogen) atoms. The van der Waals surface area contributed by atoms with Crippen molar-refractivity contribution in [1.29, 1.82) is 0 Å². The van der Waals surface area contributed by atoms with E-state index in [1.165, 1.54) is 20.2 Å². The minimum absolute atomic E-state index is 1.03. The largest absolute Gasteiger partial charge is 0.136 e. The normalized spacial score (nSPS) is 13.4. The molecule has 1 aliphatic rings. The third kappa shape index (κ3) is 2.18. The zero-order valence-corrected chi connectivity index (χ0v) is 10.4. The van der Waals surface area contributed by atoms with Crippen LogP contribution in [0.1, 0.15) is 23.8 Å². The molecule has 0 bridgehead atoms. The second kappa shape index (κ2) is 5.01. The van der Waals surface area contributed by atoms with Crippen molar-refractivity contribution in [3.63, 3.8) is 0 Å². The van der Waals surface area contributed by atoms with Gasteiger partial charge in [-0.1, -0.05) is 24.1 Å². The van der Waals surface area contributed by atoms with Crippen molar-refractivity contribution in [3.8, 4) is 11.8 Å². The number of hydrogen-bond donors (Lipinski definition) is 0. The molecule has 0 atom stereocenters. The molecule has 2 rings (SSSR count). The molecule has 0 aliphatic heterocycles. The molecule has 0 nitrogen and oxygen atoms in total. The summed E-state index contributed by atoms with van der Waals surface area (Å²) in [5, 5.41) is 1.39. The summed E-state index contributed by atoms with van der Waals surface area (Å²) in [6.07, 6.45) is 13.9. The Morgan fingerprint density at radius 3 is 3.12 bits per heavy atom. The number of thiophene rings is 1. The van der Waals surface area contributed by atoms with E-state index >= 15 is 0 Å². The van der Waals surface area contributed by atoms with Crippen LogP contribution < -0.4 is 9.75 Å². The fourth-order valence-electron chi connectivity index (χ4n) is 1.72. The maximum atomic E-state index is 2.96. The Bertz CT molecular complexity index is 613. The highest BCUT2D eigenvalue weighted by Gasteiger charge is 2.02. The molecule has 0 fully saturated rings. The molecule has 0 saturated carbocycles. The molecular weight excluding hydrogens is 212 g/mol. The lowest BCUT2D eigenvalue weighted by Gasteiger charge is -1.88. The molecule has 0 spiro atoms. The molecule has 0 radical (unpaired) electrons. The number of fused-ring (bicyclic) bond motifs is 1. The van der Waals surface area contributed by atoms with Crippen LogP contribution in [0.5, 0.6) is 0 Å². The molecule has 0 unspecified atom stereocenters. The maximum Gasteiger partial charge on any atom is 0.0348 e.